The van der Waals surface area contributed by atoms with E-state index in [2.05, 4.69) is 22.5 Å². The normalized spacial score (nSPS) is 12.2. The fourth-order valence-corrected chi connectivity index (χ4v) is 1.83. The van der Waals surface area contributed by atoms with Gasteiger partial charge in [0.2, 0.25) is 5.91 Å². The second-order valence-electron chi connectivity index (χ2n) is 4.05. The molecule has 1 aliphatic heterocycles. The summed E-state index contributed by atoms with van der Waals surface area (Å²) in [7, 11) is 0. The van der Waals surface area contributed by atoms with E-state index in [-0.39, 0.29) is 11.8 Å². The molecule has 0 aromatic heterocycles. The van der Waals surface area contributed by atoms with Crippen LogP contribution in [0.4, 0.5) is 0 Å². The van der Waals surface area contributed by atoms with E-state index in [0.717, 1.165) is 11.1 Å². The van der Waals surface area contributed by atoms with Gasteiger partial charge in [0.25, 0.3) is 5.91 Å². The van der Waals surface area contributed by atoms with Gasteiger partial charge in [0.05, 0.1) is 0 Å². The quantitative estimate of drug-likeness (QED) is 0.595. The molecule has 0 saturated heterocycles. The van der Waals surface area contributed by atoms with Crippen molar-refractivity contribution in [3.05, 3.63) is 34.9 Å². The van der Waals surface area contributed by atoms with E-state index < -0.39 is 0 Å². The minimum absolute atomic E-state index is 0.0353. The van der Waals surface area contributed by atoms with Gasteiger partial charge >= 0.3 is 0 Å². The number of nitrogens with one attached hydrogen (secondary N) is 2. The van der Waals surface area contributed by atoms with E-state index in [1.807, 2.05) is 12.1 Å². The SMILES string of the molecule is CC(=O)NCCC#Cc1cccc2c1CNC2=O. The van der Waals surface area contributed by atoms with E-state index in [9.17, 15) is 9.59 Å². The molecule has 0 radical (unpaired) electrons. The van der Waals surface area contributed by atoms with Crippen molar-refractivity contribution >= 4 is 11.8 Å². The number of benzene rings is 1. The molecule has 0 fully saturated rings. The Bertz CT molecular complexity index is 553. The molecule has 2 rings (SSSR count). The lowest BCUT2D eigenvalue weighted by Crippen LogP contribution is -2.20. The van der Waals surface area contributed by atoms with E-state index in [4.69, 9.17) is 0 Å². The Hall–Kier alpha value is -2.28. The summed E-state index contributed by atoms with van der Waals surface area (Å²) in [6.45, 7) is 2.58. The molecule has 1 aliphatic rings. The van der Waals surface area contributed by atoms with Crippen molar-refractivity contribution in [2.45, 2.75) is 19.9 Å². The maximum atomic E-state index is 11.5. The van der Waals surface area contributed by atoms with Crippen LogP contribution >= 0.6 is 0 Å². The third-order valence-electron chi connectivity index (χ3n) is 2.69. The van der Waals surface area contributed by atoms with Crippen LogP contribution < -0.4 is 10.6 Å². The fraction of sp³-hybridized carbons (Fsp3) is 0.286. The highest BCUT2D eigenvalue weighted by molar-refractivity contribution is 5.98. The van der Waals surface area contributed by atoms with Crippen molar-refractivity contribution in [2.75, 3.05) is 6.54 Å². The van der Waals surface area contributed by atoms with Crippen LogP contribution in [0.25, 0.3) is 0 Å². The summed E-state index contributed by atoms with van der Waals surface area (Å²) in [4.78, 5) is 22.1. The standard InChI is InChI=1S/C14H14N2O2/c1-10(17)15-8-3-2-5-11-6-4-7-12-13(11)9-16-14(12)18/h4,6-7H,3,8-9H2,1H3,(H,15,17)(H,16,18). The van der Waals surface area contributed by atoms with Crippen LogP contribution in [0.2, 0.25) is 0 Å². The van der Waals surface area contributed by atoms with Gasteiger partial charge in [-0.2, -0.15) is 0 Å². The summed E-state index contributed by atoms with van der Waals surface area (Å²) in [6.07, 6.45) is 0.602. The first-order chi connectivity index (χ1) is 8.68. The predicted molar refractivity (Wildman–Crippen MR) is 67.8 cm³/mol. The lowest BCUT2D eigenvalue weighted by Gasteiger charge is -1.99. The zero-order chi connectivity index (χ0) is 13.0. The summed E-state index contributed by atoms with van der Waals surface area (Å²) >= 11 is 0. The molecule has 0 saturated carbocycles. The van der Waals surface area contributed by atoms with Gasteiger partial charge in [-0.05, 0) is 17.7 Å². The molecule has 0 unspecified atom stereocenters. The van der Waals surface area contributed by atoms with Crippen LogP contribution in [0.5, 0.6) is 0 Å². The number of fused-ring (bicyclic) bond motifs is 1. The number of amides is 2. The molecule has 1 heterocycles. The Balaban J connectivity index is 2.05. The second-order valence-corrected chi connectivity index (χ2v) is 4.05. The number of hydrogen-bond acceptors (Lipinski definition) is 2. The summed E-state index contributed by atoms with van der Waals surface area (Å²) in [5.74, 6) is 5.96. The molecule has 0 bridgehead atoms. The fourth-order valence-electron chi connectivity index (χ4n) is 1.83. The molecule has 92 valence electrons. The first-order valence-corrected chi connectivity index (χ1v) is 5.82. The van der Waals surface area contributed by atoms with Crippen molar-refractivity contribution in [2.24, 2.45) is 0 Å². The lowest BCUT2D eigenvalue weighted by molar-refractivity contribution is -0.118. The lowest BCUT2D eigenvalue weighted by atomic mass is 10.0. The Morgan fingerprint density at radius 1 is 1.50 bits per heavy atom. The Labute approximate surface area is 106 Å². The maximum absolute atomic E-state index is 11.5. The van der Waals surface area contributed by atoms with Crippen LogP contribution in [0.15, 0.2) is 18.2 Å². The van der Waals surface area contributed by atoms with Crippen molar-refractivity contribution in [3.8, 4) is 11.8 Å². The molecule has 0 atom stereocenters. The van der Waals surface area contributed by atoms with Gasteiger partial charge in [-0.3, -0.25) is 9.59 Å². The molecular weight excluding hydrogens is 228 g/mol. The van der Waals surface area contributed by atoms with E-state index >= 15 is 0 Å². The highest BCUT2D eigenvalue weighted by Gasteiger charge is 2.20. The maximum Gasteiger partial charge on any atom is 0.251 e. The Morgan fingerprint density at radius 3 is 3.11 bits per heavy atom. The molecule has 4 heteroatoms. The number of carbonyl (C=O) groups excluding carboxylic acids is 2. The summed E-state index contributed by atoms with van der Waals surface area (Å²) < 4.78 is 0. The van der Waals surface area contributed by atoms with Crippen molar-refractivity contribution in [1.29, 1.82) is 0 Å². The molecule has 1 aromatic carbocycles. The smallest absolute Gasteiger partial charge is 0.251 e. The first kappa shape index (κ1) is 12.2. The Morgan fingerprint density at radius 2 is 2.33 bits per heavy atom. The van der Waals surface area contributed by atoms with Crippen LogP contribution in [-0.4, -0.2) is 18.4 Å². The van der Waals surface area contributed by atoms with Crippen LogP contribution in [-0.2, 0) is 11.3 Å². The van der Waals surface area contributed by atoms with E-state index in [0.29, 0.717) is 25.1 Å². The number of carbonyl (C=O) groups is 2. The number of rotatable bonds is 2. The average Bonchev–Trinajstić information content (AvgIpc) is 2.71. The molecule has 0 spiro atoms. The van der Waals surface area contributed by atoms with Gasteiger partial charge in [0.1, 0.15) is 0 Å². The molecule has 1 aromatic rings. The summed E-state index contributed by atoms with van der Waals surface area (Å²) in [5.41, 5.74) is 2.56. The van der Waals surface area contributed by atoms with Gasteiger partial charge in [-0.1, -0.05) is 17.9 Å². The summed E-state index contributed by atoms with van der Waals surface area (Å²) in [5, 5.41) is 5.46. The molecule has 2 N–H and O–H groups in total. The van der Waals surface area contributed by atoms with Crippen molar-refractivity contribution in [1.82, 2.24) is 10.6 Å². The largest absolute Gasteiger partial charge is 0.355 e. The van der Waals surface area contributed by atoms with Gasteiger partial charge in [0, 0.05) is 37.6 Å². The zero-order valence-electron chi connectivity index (χ0n) is 10.2. The molecule has 0 aliphatic carbocycles. The van der Waals surface area contributed by atoms with Crippen molar-refractivity contribution in [3.63, 3.8) is 0 Å². The van der Waals surface area contributed by atoms with Crippen LogP contribution in [0.3, 0.4) is 0 Å². The number of hydrogen-bond donors (Lipinski definition) is 2. The van der Waals surface area contributed by atoms with Gasteiger partial charge in [-0.25, -0.2) is 0 Å². The second kappa shape index (κ2) is 5.37. The van der Waals surface area contributed by atoms with Crippen LogP contribution in [0.1, 0.15) is 34.8 Å². The highest BCUT2D eigenvalue weighted by atomic mass is 16.2. The van der Waals surface area contributed by atoms with E-state index in [1.165, 1.54) is 6.92 Å². The first-order valence-electron chi connectivity index (χ1n) is 5.82. The molecular formula is C14H14N2O2. The third-order valence-corrected chi connectivity index (χ3v) is 2.69. The van der Waals surface area contributed by atoms with Gasteiger partial charge < -0.3 is 10.6 Å². The van der Waals surface area contributed by atoms with Gasteiger partial charge in [-0.15, -0.1) is 0 Å². The molecule has 2 amide bonds. The zero-order valence-corrected chi connectivity index (χ0v) is 10.2. The van der Waals surface area contributed by atoms with E-state index in [1.54, 1.807) is 6.07 Å². The average molecular weight is 242 g/mol. The Kier molecular flexibility index (Phi) is 3.63. The monoisotopic (exact) mass is 242 g/mol. The molecule has 4 nitrogen and oxygen atoms in total. The van der Waals surface area contributed by atoms with Gasteiger partial charge in [0.15, 0.2) is 0 Å². The topological polar surface area (TPSA) is 58.2 Å². The molecule has 18 heavy (non-hydrogen) atoms. The minimum Gasteiger partial charge on any atom is -0.355 e. The van der Waals surface area contributed by atoms with Crippen LogP contribution in [0, 0.1) is 11.8 Å². The third kappa shape index (κ3) is 2.69. The van der Waals surface area contributed by atoms with Crippen molar-refractivity contribution < 1.29 is 9.59 Å². The predicted octanol–water partition coefficient (Wildman–Crippen LogP) is 0.808. The summed E-state index contributed by atoms with van der Waals surface area (Å²) in [6, 6.07) is 5.55. The minimum atomic E-state index is -0.0489. The highest BCUT2D eigenvalue weighted by Crippen LogP contribution is 2.18.